The van der Waals surface area contributed by atoms with Gasteiger partial charge in [-0.3, -0.25) is 4.90 Å². The van der Waals surface area contributed by atoms with Crippen LogP contribution in [0.4, 0.5) is 0 Å². The molecular weight excluding hydrogens is 236 g/mol. The van der Waals surface area contributed by atoms with E-state index in [1.807, 2.05) is 0 Å². The summed E-state index contributed by atoms with van der Waals surface area (Å²) in [6, 6.07) is 1.21. The molecular formula is C16H32N2O. The molecule has 2 rings (SSSR count). The zero-order valence-electron chi connectivity index (χ0n) is 13.4. The minimum Gasteiger partial charge on any atom is -0.376 e. The Morgan fingerprint density at radius 2 is 2.05 bits per heavy atom. The van der Waals surface area contributed by atoms with E-state index in [0.717, 1.165) is 19.1 Å². The van der Waals surface area contributed by atoms with Gasteiger partial charge in [0.25, 0.3) is 0 Å². The molecule has 4 atom stereocenters. The Morgan fingerprint density at radius 1 is 1.32 bits per heavy atom. The second-order valence-corrected chi connectivity index (χ2v) is 7.35. The van der Waals surface area contributed by atoms with Crippen LogP contribution in [0, 0.1) is 11.3 Å². The number of rotatable bonds is 3. The van der Waals surface area contributed by atoms with Crippen molar-refractivity contribution in [1.82, 2.24) is 10.2 Å². The molecule has 3 nitrogen and oxygen atoms in total. The van der Waals surface area contributed by atoms with Crippen LogP contribution >= 0.6 is 0 Å². The van der Waals surface area contributed by atoms with Gasteiger partial charge in [-0.2, -0.15) is 0 Å². The lowest BCUT2D eigenvalue weighted by molar-refractivity contribution is -0.0611. The minimum atomic E-state index is 0.390. The zero-order valence-corrected chi connectivity index (χ0v) is 13.4. The number of nitrogens with zero attached hydrogens (tertiary/aromatic N) is 1. The summed E-state index contributed by atoms with van der Waals surface area (Å²) in [5.74, 6) is 0.779. The monoisotopic (exact) mass is 268 g/mol. The summed E-state index contributed by atoms with van der Waals surface area (Å²) in [6.45, 7) is 12.5. The van der Waals surface area contributed by atoms with Crippen LogP contribution in [0.1, 0.15) is 47.0 Å². The SMILES string of the molecule is CNC1C(CN2CC(C)OCC2C)CCCC1(C)C. The van der Waals surface area contributed by atoms with Gasteiger partial charge in [-0.05, 0) is 45.1 Å². The van der Waals surface area contributed by atoms with E-state index in [4.69, 9.17) is 4.74 Å². The molecule has 2 fully saturated rings. The largest absolute Gasteiger partial charge is 0.376 e. The van der Waals surface area contributed by atoms with Crippen LogP contribution in [0.2, 0.25) is 0 Å². The number of ether oxygens (including phenoxy) is 1. The quantitative estimate of drug-likeness (QED) is 0.851. The predicted molar refractivity (Wildman–Crippen MR) is 80.4 cm³/mol. The number of morpholine rings is 1. The van der Waals surface area contributed by atoms with E-state index in [2.05, 4.69) is 45.0 Å². The molecule has 0 radical (unpaired) electrons. The average molecular weight is 268 g/mol. The highest BCUT2D eigenvalue weighted by Crippen LogP contribution is 2.39. The molecule has 1 N–H and O–H groups in total. The van der Waals surface area contributed by atoms with Gasteiger partial charge in [0.2, 0.25) is 0 Å². The highest BCUT2D eigenvalue weighted by atomic mass is 16.5. The Bertz CT molecular complexity index is 292. The van der Waals surface area contributed by atoms with E-state index >= 15 is 0 Å². The third kappa shape index (κ3) is 3.50. The molecule has 1 saturated carbocycles. The molecule has 0 amide bonds. The summed E-state index contributed by atoms with van der Waals surface area (Å²) < 4.78 is 5.75. The molecule has 2 aliphatic rings. The van der Waals surface area contributed by atoms with Crippen molar-refractivity contribution in [2.45, 2.75) is 65.1 Å². The van der Waals surface area contributed by atoms with E-state index in [0.29, 0.717) is 23.6 Å². The van der Waals surface area contributed by atoms with E-state index in [1.54, 1.807) is 0 Å². The van der Waals surface area contributed by atoms with Gasteiger partial charge in [0.05, 0.1) is 12.7 Å². The first-order valence-electron chi connectivity index (χ1n) is 7.97. The molecule has 0 aromatic heterocycles. The predicted octanol–water partition coefficient (Wildman–Crippen LogP) is 2.51. The normalized spacial score (nSPS) is 40.3. The Hall–Kier alpha value is -0.120. The molecule has 0 aromatic carbocycles. The van der Waals surface area contributed by atoms with E-state index < -0.39 is 0 Å². The molecule has 0 spiro atoms. The fourth-order valence-corrected chi connectivity index (χ4v) is 4.13. The van der Waals surface area contributed by atoms with Crippen molar-refractivity contribution in [2.75, 3.05) is 26.7 Å². The summed E-state index contributed by atoms with van der Waals surface area (Å²) in [5.41, 5.74) is 0.429. The van der Waals surface area contributed by atoms with Crippen molar-refractivity contribution in [2.24, 2.45) is 11.3 Å². The topological polar surface area (TPSA) is 24.5 Å². The lowest BCUT2D eigenvalue weighted by atomic mass is 9.67. The van der Waals surface area contributed by atoms with Crippen molar-refractivity contribution >= 4 is 0 Å². The number of hydrogen-bond acceptors (Lipinski definition) is 3. The standard InChI is InChI=1S/C16H32N2O/c1-12-11-19-13(2)9-18(12)10-14-7-6-8-16(3,4)15(14)17-5/h12-15,17H,6-11H2,1-5H3. The second-order valence-electron chi connectivity index (χ2n) is 7.35. The minimum absolute atomic E-state index is 0.390. The first-order valence-corrected chi connectivity index (χ1v) is 7.97. The summed E-state index contributed by atoms with van der Waals surface area (Å²) in [4.78, 5) is 2.64. The van der Waals surface area contributed by atoms with Crippen molar-refractivity contribution in [3.8, 4) is 0 Å². The molecule has 0 bridgehead atoms. The molecule has 4 unspecified atom stereocenters. The molecule has 1 saturated heterocycles. The van der Waals surface area contributed by atoms with Gasteiger partial charge in [0, 0.05) is 25.2 Å². The highest BCUT2D eigenvalue weighted by Gasteiger charge is 2.39. The maximum atomic E-state index is 5.75. The second kappa shape index (κ2) is 6.11. The van der Waals surface area contributed by atoms with E-state index in [-0.39, 0.29) is 0 Å². The summed E-state index contributed by atoms with van der Waals surface area (Å²) >= 11 is 0. The Kier molecular flexibility index (Phi) is 4.91. The number of hydrogen-bond donors (Lipinski definition) is 1. The average Bonchev–Trinajstić information content (AvgIpc) is 2.33. The van der Waals surface area contributed by atoms with Crippen molar-refractivity contribution < 1.29 is 4.74 Å². The van der Waals surface area contributed by atoms with Crippen LogP contribution in [0.15, 0.2) is 0 Å². The highest BCUT2D eigenvalue weighted by molar-refractivity contribution is 4.94. The molecule has 19 heavy (non-hydrogen) atoms. The summed E-state index contributed by atoms with van der Waals surface area (Å²) in [7, 11) is 2.14. The van der Waals surface area contributed by atoms with Gasteiger partial charge in [-0.25, -0.2) is 0 Å². The summed E-state index contributed by atoms with van der Waals surface area (Å²) in [5, 5.41) is 3.60. The molecule has 3 heteroatoms. The number of nitrogens with one attached hydrogen (secondary N) is 1. The van der Waals surface area contributed by atoms with Crippen molar-refractivity contribution in [3.63, 3.8) is 0 Å². The smallest absolute Gasteiger partial charge is 0.0674 e. The Balaban J connectivity index is 2.00. The van der Waals surface area contributed by atoms with Crippen LogP contribution in [0.3, 0.4) is 0 Å². The van der Waals surface area contributed by atoms with Crippen LogP contribution in [0.5, 0.6) is 0 Å². The third-order valence-electron chi connectivity index (χ3n) is 5.23. The fourth-order valence-electron chi connectivity index (χ4n) is 4.13. The molecule has 1 aliphatic heterocycles. The first-order chi connectivity index (χ1) is 8.94. The summed E-state index contributed by atoms with van der Waals surface area (Å²) in [6.07, 6.45) is 4.49. The van der Waals surface area contributed by atoms with E-state index in [9.17, 15) is 0 Å². The van der Waals surface area contributed by atoms with Crippen molar-refractivity contribution in [1.29, 1.82) is 0 Å². The zero-order chi connectivity index (χ0) is 14.0. The lowest BCUT2D eigenvalue weighted by Crippen LogP contribution is -2.55. The van der Waals surface area contributed by atoms with E-state index in [1.165, 1.54) is 25.8 Å². The molecule has 112 valence electrons. The maximum Gasteiger partial charge on any atom is 0.0674 e. The van der Waals surface area contributed by atoms with Gasteiger partial charge in [-0.15, -0.1) is 0 Å². The molecule has 0 aromatic rings. The van der Waals surface area contributed by atoms with Crippen LogP contribution < -0.4 is 5.32 Å². The third-order valence-corrected chi connectivity index (χ3v) is 5.23. The fraction of sp³-hybridized carbons (Fsp3) is 1.00. The van der Waals surface area contributed by atoms with Gasteiger partial charge >= 0.3 is 0 Å². The van der Waals surface area contributed by atoms with Crippen LogP contribution in [-0.2, 0) is 4.74 Å². The van der Waals surface area contributed by atoms with Crippen molar-refractivity contribution in [3.05, 3.63) is 0 Å². The van der Waals surface area contributed by atoms with Crippen LogP contribution in [-0.4, -0.2) is 49.8 Å². The first kappa shape index (κ1) is 15.3. The Morgan fingerprint density at radius 3 is 2.74 bits per heavy atom. The lowest BCUT2D eigenvalue weighted by Gasteiger charge is -2.47. The Labute approximate surface area is 119 Å². The van der Waals surface area contributed by atoms with Gasteiger partial charge in [-0.1, -0.05) is 20.3 Å². The van der Waals surface area contributed by atoms with Gasteiger partial charge in [0.15, 0.2) is 0 Å². The molecule has 1 heterocycles. The van der Waals surface area contributed by atoms with Gasteiger partial charge in [0.1, 0.15) is 0 Å². The van der Waals surface area contributed by atoms with Crippen LogP contribution in [0.25, 0.3) is 0 Å². The maximum absolute atomic E-state index is 5.75. The van der Waals surface area contributed by atoms with Gasteiger partial charge < -0.3 is 10.1 Å². The molecule has 1 aliphatic carbocycles.